The van der Waals surface area contributed by atoms with Gasteiger partial charge in [0.05, 0.1) is 17.9 Å². The van der Waals surface area contributed by atoms with Gasteiger partial charge in [0, 0.05) is 19.6 Å². The number of aliphatic hydroxyl groups is 1. The van der Waals surface area contributed by atoms with Crippen LogP contribution in [-0.4, -0.2) is 51.2 Å². The third kappa shape index (κ3) is 2.59. The number of likely N-dealkylation sites (tertiary alicyclic amines) is 1. The van der Waals surface area contributed by atoms with Gasteiger partial charge in [-0.1, -0.05) is 5.21 Å². The molecule has 0 aliphatic carbocycles. The number of aromatic nitrogens is 3. The first-order chi connectivity index (χ1) is 7.81. The van der Waals surface area contributed by atoms with Crippen molar-refractivity contribution in [3.05, 3.63) is 11.4 Å². The molecule has 0 saturated carbocycles. The summed E-state index contributed by atoms with van der Waals surface area (Å²) in [5.74, 6) is 0. The normalized spacial score (nSPS) is 17.1. The summed E-state index contributed by atoms with van der Waals surface area (Å²) in [5, 5.41) is 17.1. The van der Waals surface area contributed by atoms with Crippen molar-refractivity contribution < 1.29 is 5.11 Å². The molecule has 1 aromatic heterocycles. The van der Waals surface area contributed by atoms with Crippen LogP contribution < -0.4 is 0 Å². The van der Waals surface area contributed by atoms with Crippen LogP contribution in [-0.2, 0) is 13.0 Å². The Hall–Kier alpha value is -0.940. The molecule has 0 radical (unpaired) electrons. The highest BCUT2D eigenvalue weighted by atomic mass is 16.3. The largest absolute Gasteiger partial charge is 0.396 e. The molecule has 1 N–H and O–H groups in total. The van der Waals surface area contributed by atoms with Crippen LogP contribution in [0, 0.1) is 6.92 Å². The average Bonchev–Trinajstić information content (AvgIpc) is 2.89. The lowest BCUT2D eigenvalue weighted by Gasteiger charge is -2.14. The zero-order valence-electron chi connectivity index (χ0n) is 9.89. The Morgan fingerprint density at radius 1 is 1.25 bits per heavy atom. The first-order valence-electron chi connectivity index (χ1n) is 6.03. The van der Waals surface area contributed by atoms with E-state index in [4.69, 9.17) is 5.11 Å². The molecule has 0 unspecified atom stereocenters. The first kappa shape index (κ1) is 11.5. The second-order valence-corrected chi connectivity index (χ2v) is 4.37. The molecule has 1 aromatic rings. The number of hydrogen-bond acceptors (Lipinski definition) is 4. The van der Waals surface area contributed by atoms with Gasteiger partial charge in [0.15, 0.2) is 0 Å². The first-order valence-corrected chi connectivity index (χ1v) is 6.03. The zero-order chi connectivity index (χ0) is 11.4. The fraction of sp³-hybridized carbons (Fsp3) is 0.818. The smallest absolute Gasteiger partial charge is 0.0879 e. The van der Waals surface area contributed by atoms with Crippen molar-refractivity contribution in [2.45, 2.75) is 32.7 Å². The fourth-order valence-corrected chi connectivity index (χ4v) is 2.19. The number of hydrogen-bond donors (Lipinski definition) is 1. The van der Waals surface area contributed by atoms with Gasteiger partial charge in [-0.3, -0.25) is 0 Å². The van der Waals surface area contributed by atoms with E-state index < -0.39 is 0 Å². The van der Waals surface area contributed by atoms with Crippen LogP contribution in [0.2, 0.25) is 0 Å². The molecule has 90 valence electrons. The Balaban J connectivity index is 1.88. The molecule has 2 rings (SSSR count). The number of nitrogens with zero attached hydrogens (tertiary/aromatic N) is 4. The van der Waals surface area contributed by atoms with Gasteiger partial charge in [0.1, 0.15) is 0 Å². The molecule has 1 fully saturated rings. The van der Waals surface area contributed by atoms with Crippen LogP contribution >= 0.6 is 0 Å². The molecule has 1 aliphatic rings. The predicted molar refractivity (Wildman–Crippen MR) is 61.2 cm³/mol. The van der Waals surface area contributed by atoms with Crippen LogP contribution in [0.25, 0.3) is 0 Å². The molecule has 0 aromatic carbocycles. The van der Waals surface area contributed by atoms with E-state index in [2.05, 4.69) is 15.2 Å². The Morgan fingerprint density at radius 3 is 2.69 bits per heavy atom. The summed E-state index contributed by atoms with van der Waals surface area (Å²) in [6, 6.07) is 0. The molecule has 0 amide bonds. The van der Waals surface area contributed by atoms with E-state index in [1.807, 2.05) is 11.6 Å². The Labute approximate surface area is 96.1 Å². The van der Waals surface area contributed by atoms with E-state index in [1.165, 1.54) is 25.9 Å². The molecule has 0 atom stereocenters. The minimum Gasteiger partial charge on any atom is -0.396 e. The second-order valence-electron chi connectivity index (χ2n) is 4.37. The van der Waals surface area contributed by atoms with Crippen molar-refractivity contribution in [3.63, 3.8) is 0 Å². The predicted octanol–water partition coefficient (Wildman–Crippen LogP) is 0.217. The maximum atomic E-state index is 8.87. The van der Waals surface area contributed by atoms with E-state index >= 15 is 0 Å². The summed E-state index contributed by atoms with van der Waals surface area (Å²) in [5.41, 5.74) is 2.01. The molecule has 1 aliphatic heterocycles. The van der Waals surface area contributed by atoms with Crippen LogP contribution in [0.3, 0.4) is 0 Å². The molecular formula is C11H20N4O. The van der Waals surface area contributed by atoms with Gasteiger partial charge in [-0.05, 0) is 32.9 Å². The van der Waals surface area contributed by atoms with Gasteiger partial charge >= 0.3 is 0 Å². The highest BCUT2D eigenvalue weighted by Gasteiger charge is 2.13. The van der Waals surface area contributed by atoms with Gasteiger partial charge in [-0.2, -0.15) is 0 Å². The van der Waals surface area contributed by atoms with Gasteiger partial charge in [0.25, 0.3) is 0 Å². The van der Waals surface area contributed by atoms with Crippen molar-refractivity contribution in [2.24, 2.45) is 0 Å². The maximum Gasteiger partial charge on any atom is 0.0879 e. The summed E-state index contributed by atoms with van der Waals surface area (Å²) < 4.78 is 1.95. The molecule has 0 bridgehead atoms. The van der Waals surface area contributed by atoms with Crippen molar-refractivity contribution in [2.75, 3.05) is 26.2 Å². The van der Waals surface area contributed by atoms with E-state index in [0.717, 1.165) is 24.5 Å². The van der Waals surface area contributed by atoms with Crippen molar-refractivity contribution in [1.29, 1.82) is 0 Å². The van der Waals surface area contributed by atoms with Crippen LogP contribution in [0.15, 0.2) is 0 Å². The number of rotatable bonds is 5. The highest BCUT2D eigenvalue weighted by molar-refractivity contribution is 5.07. The van der Waals surface area contributed by atoms with E-state index in [1.54, 1.807) is 0 Å². The zero-order valence-corrected chi connectivity index (χ0v) is 9.89. The van der Waals surface area contributed by atoms with E-state index in [0.29, 0.717) is 6.42 Å². The third-order valence-electron chi connectivity index (χ3n) is 3.25. The van der Waals surface area contributed by atoms with Gasteiger partial charge < -0.3 is 10.0 Å². The van der Waals surface area contributed by atoms with Gasteiger partial charge in [0.2, 0.25) is 0 Å². The minimum atomic E-state index is 0.145. The van der Waals surface area contributed by atoms with Gasteiger partial charge in [-0.15, -0.1) is 5.10 Å². The standard InChI is InChI=1S/C11H20N4O/c1-10-11(4-9-16)12-13-15(10)8-7-14-5-2-3-6-14/h16H,2-9H2,1H3. The van der Waals surface area contributed by atoms with Crippen molar-refractivity contribution >= 4 is 0 Å². The quantitative estimate of drug-likeness (QED) is 0.777. The summed E-state index contributed by atoms with van der Waals surface area (Å²) in [6.07, 6.45) is 3.26. The molecular weight excluding hydrogens is 204 g/mol. The minimum absolute atomic E-state index is 0.145. The summed E-state index contributed by atoms with van der Waals surface area (Å²) in [6.45, 7) is 6.57. The lowest BCUT2D eigenvalue weighted by molar-refractivity contribution is 0.298. The lowest BCUT2D eigenvalue weighted by atomic mass is 10.3. The monoisotopic (exact) mass is 224 g/mol. The Morgan fingerprint density at radius 2 is 2.00 bits per heavy atom. The van der Waals surface area contributed by atoms with Crippen molar-refractivity contribution in [3.8, 4) is 0 Å². The molecule has 1 saturated heterocycles. The second kappa shape index (κ2) is 5.41. The highest BCUT2D eigenvalue weighted by Crippen LogP contribution is 2.08. The third-order valence-corrected chi connectivity index (χ3v) is 3.25. The number of aliphatic hydroxyl groups excluding tert-OH is 1. The van der Waals surface area contributed by atoms with Crippen LogP contribution in [0.4, 0.5) is 0 Å². The topological polar surface area (TPSA) is 54.2 Å². The Bertz CT molecular complexity index is 331. The van der Waals surface area contributed by atoms with Gasteiger partial charge in [-0.25, -0.2) is 4.68 Å². The molecule has 5 heteroatoms. The lowest BCUT2D eigenvalue weighted by Crippen LogP contribution is -2.24. The van der Waals surface area contributed by atoms with Crippen LogP contribution in [0.1, 0.15) is 24.2 Å². The fourth-order valence-electron chi connectivity index (χ4n) is 2.19. The molecule has 2 heterocycles. The maximum absolute atomic E-state index is 8.87. The molecule has 5 nitrogen and oxygen atoms in total. The molecule has 0 spiro atoms. The van der Waals surface area contributed by atoms with Crippen LogP contribution in [0.5, 0.6) is 0 Å². The summed E-state index contributed by atoms with van der Waals surface area (Å²) in [4.78, 5) is 2.47. The average molecular weight is 224 g/mol. The summed E-state index contributed by atoms with van der Waals surface area (Å²) >= 11 is 0. The Kier molecular flexibility index (Phi) is 3.90. The van der Waals surface area contributed by atoms with Crippen molar-refractivity contribution in [1.82, 2.24) is 19.9 Å². The SMILES string of the molecule is Cc1c(CCO)nnn1CCN1CCCC1. The van der Waals surface area contributed by atoms with E-state index in [9.17, 15) is 0 Å². The molecule has 16 heavy (non-hydrogen) atoms. The van der Waals surface area contributed by atoms with E-state index in [-0.39, 0.29) is 6.61 Å². The summed E-state index contributed by atoms with van der Waals surface area (Å²) in [7, 11) is 0.